The second kappa shape index (κ2) is 8.81. The minimum absolute atomic E-state index is 0.135. The van der Waals surface area contributed by atoms with Crippen LogP contribution in [0.15, 0.2) is 35.3 Å². The van der Waals surface area contributed by atoms with Gasteiger partial charge in [-0.15, -0.1) is 13.2 Å². The molecule has 0 aliphatic heterocycles. The largest absolute Gasteiger partial charge is 0.573 e. The molecule has 0 saturated heterocycles. The molecule has 0 amide bonds. The smallest absolute Gasteiger partial charge is 0.406 e. The van der Waals surface area contributed by atoms with Crippen molar-refractivity contribution in [1.82, 2.24) is 0 Å². The maximum Gasteiger partial charge on any atom is 0.573 e. The maximum absolute atomic E-state index is 12.3. The summed E-state index contributed by atoms with van der Waals surface area (Å²) in [5, 5.41) is 0. The van der Waals surface area contributed by atoms with Gasteiger partial charge >= 0.3 is 6.36 Å². The third-order valence-corrected chi connectivity index (χ3v) is 6.49. The number of alkyl halides is 3. The molecule has 3 rings (SSSR count). The molecule has 1 aromatic carbocycles. The molecule has 144 valence electrons. The third kappa shape index (κ3) is 5.51. The third-order valence-electron chi connectivity index (χ3n) is 6.18. The molecule has 1 nitrogen and oxygen atoms in total. The van der Waals surface area contributed by atoms with Crippen molar-refractivity contribution in [3.05, 3.63) is 40.9 Å². The van der Waals surface area contributed by atoms with E-state index in [4.69, 9.17) is 0 Å². The van der Waals surface area contributed by atoms with Crippen LogP contribution in [-0.4, -0.2) is 6.36 Å². The topological polar surface area (TPSA) is 9.23 Å². The zero-order valence-electron chi connectivity index (χ0n) is 14.9. The van der Waals surface area contributed by atoms with E-state index in [0.29, 0.717) is 5.92 Å². The lowest BCUT2D eigenvalue weighted by atomic mass is 9.68. The first kappa shape index (κ1) is 19.8. The minimum atomic E-state index is -4.62. The summed E-state index contributed by atoms with van der Waals surface area (Å²) in [6, 6.07) is 6.47. The Labute approximate surface area is 162 Å². The summed E-state index contributed by atoms with van der Waals surface area (Å²) in [6.45, 7) is 0. The lowest BCUT2D eigenvalue weighted by molar-refractivity contribution is -0.274. The lowest BCUT2D eigenvalue weighted by Gasteiger charge is -2.37. The zero-order valence-corrected chi connectivity index (χ0v) is 16.4. The van der Waals surface area contributed by atoms with Crippen LogP contribution in [0.1, 0.15) is 62.8 Å². The second-order valence-electron chi connectivity index (χ2n) is 7.72. The summed E-state index contributed by atoms with van der Waals surface area (Å²) in [5.74, 6) is 2.76. The summed E-state index contributed by atoms with van der Waals surface area (Å²) in [5.41, 5.74) is 1.14. The van der Waals surface area contributed by atoms with Crippen molar-refractivity contribution in [3.8, 4) is 5.75 Å². The van der Waals surface area contributed by atoms with Crippen LogP contribution in [0.3, 0.4) is 0 Å². The summed E-state index contributed by atoms with van der Waals surface area (Å²) in [7, 11) is 0. The van der Waals surface area contributed by atoms with Crippen LogP contribution in [-0.2, 0) is 0 Å². The van der Waals surface area contributed by atoms with Crippen LogP contribution < -0.4 is 4.74 Å². The minimum Gasteiger partial charge on any atom is -0.406 e. The number of hydrogen-bond acceptors (Lipinski definition) is 1. The van der Waals surface area contributed by atoms with Crippen LogP contribution in [0.2, 0.25) is 0 Å². The first-order valence-corrected chi connectivity index (χ1v) is 10.5. The highest BCUT2D eigenvalue weighted by atomic mass is 79.9. The fourth-order valence-corrected chi connectivity index (χ4v) is 5.21. The van der Waals surface area contributed by atoms with E-state index in [1.165, 1.54) is 50.7 Å². The summed E-state index contributed by atoms with van der Waals surface area (Å²) in [4.78, 5) is 1.99. The number of rotatable bonds is 4. The van der Waals surface area contributed by atoms with E-state index < -0.39 is 6.36 Å². The molecule has 2 aliphatic rings. The van der Waals surface area contributed by atoms with Crippen LogP contribution in [0, 0.1) is 17.8 Å². The summed E-state index contributed by atoms with van der Waals surface area (Å²) in [6.07, 6.45) is 7.70. The first-order valence-electron chi connectivity index (χ1n) is 9.57. The van der Waals surface area contributed by atoms with Gasteiger partial charge in [-0.3, -0.25) is 0 Å². The molecular weight excluding hydrogens is 405 g/mol. The number of allylic oxidation sites excluding steroid dienone is 1. The highest BCUT2D eigenvalue weighted by molar-refractivity contribution is 9.11. The Balaban J connectivity index is 1.48. The highest BCUT2D eigenvalue weighted by Gasteiger charge is 2.32. The number of ether oxygens (including phenoxy) is 1. The van der Waals surface area contributed by atoms with E-state index in [1.807, 2.05) is 4.99 Å². The second-order valence-corrected chi connectivity index (χ2v) is 8.25. The van der Waals surface area contributed by atoms with Gasteiger partial charge in [-0.1, -0.05) is 34.1 Å². The first-order chi connectivity index (χ1) is 12.4. The molecule has 26 heavy (non-hydrogen) atoms. The average molecular weight is 431 g/mol. The normalized spacial score (nSPS) is 30.5. The molecule has 2 saturated carbocycles. The van der Waals surface area contributed by atoms with Crippen molar-refractivity contribution in [2.75, 3.05) is 0 Å². The van der Waals surface area contributed by atoms with Gasteiger partial charge in [-0.05, 0) is 97.7 Å². The van der Waals surface area contributed by atoms with Crippen molar-refractivity contribution >= 4 is 15.9 Å². The predicted octanol–water partition coefficient (Wildman–Crippen LogP) is 7.57. The fourth-order valence-electron chi connectivity index (χ4n) is 4.78. The van der Waals surface area contributed by atoms with E-state index in [0.717, 1.165) is 36.2 Å². The van der Waals surface area contributed by atoms with E-state index in [2.05, 4.69) is 26.7 Å². The highest BCUT2D eigenvalue weighted by Crippen LogP contribution is 2.44. The van der Waals surface area contributed by atoms with Gasteiger partial charge in [0.15, 0.2) is 0 Å². The van der Waals surface area contributed by atoms with Crippen molar-refractivity contribution in [3.63, 3.8) is 0 Å². The molecule has 0 spiro atoms. The molecule has 0 heterocycles. The quantitative estimate of drug-likeness (QED) is 0.478. The SMILES string of the molecule is FC(F)(F)Oc1ccc(C2CCC([C@H]3CC[C@H](/C=C/Br)CC3)CC2)cc1. The zero-order chi connectivity index (χ0) is 18.6. The monoisotopic (exact) mass is 430 g/mol. The molecule has 2 aliphatic carbocycles. The van der Waals surface area contributed by atoms with Crippen molar-refractivity contribution in [2.24, 2.45) is 17.8 Å². The Morgan fingerprint density at radius 2 is 1.38 bits per heavy atom. The fraction of sp³-hybridized carbons (Fsp3) is 0.619. The van der Waals surface area contributed by atoms with E-state index in [1.54, 1.807) is 12.1 Å². The van der Waals surface area contributed by atoms with Gasteiger partial charge in [-0.25, -0.2) is 0 Å². The number of hydrogen-bond donors (Lipinski definition) is 0. The molecule has 0 unspecified atom stereocenters. The molecule has 0 radical (unpaired) electrons. The van der Waals surface area contributed by atoms with Gasteiger partial charge in [0.25, 0.3) is 0 Å². The van der Waals surface area contributed by atoms with Crippen LogP contribution in [0.4, 0.5) is 13.2 Å². The Morgan fingerprint density at radius 3 is 1.88 bits per heavy atom. The molecular formula is C21H26BrF3O. The van der Waals surface area contributed by atoms with E-state index in [-0.39, 0.29) is 5.75 Å². The van der Waals surface area contributed by atoms with E-state index in [9.17, 15) is 13.2 Å². The molecule has 0 aromatic heterocycles. The Kier molecular flexibility index (Phi) is 6.70. The Hall–Kier alpha value is -0.970. The van der Waals surface area contributed by atoms with Gasteiger partial charge in [0.1, 0.15) is 5.75 Å². The van der Waals surface area contributed by atoms with Crippen LogP contribution in [0.25, 0.3) is 0 Å². The lowest BCUT2D eigenvalue weighted by Crippen LogP contribution is -2.25. The van der Waals surface area contributed by atoms with Crippen LogP contribution in [0.5, 0.6) is 5.75 Å². The van der Waals surface area contributed by atoms with Gasteiger partial charge in [-0.2, -0.15) is 0 Å². The number of halogens is 4. The van der Waals surface area contributed by atoms with E-state index >= 15 is 0 Å². The molecule has 0 N–H and O–H groups in total. The summed E-state index contributed by atoms with van der Waals surface area (Å²) < 4.78 is 40.7. The van der Waals surface area contributed by atoms with Gasteiger partial charge < -0.3 is 4.74 Å². The predicted molar refractivity (Wildman–Crippen MR) is 101 cm³/mol. The number of benzene rings is 1. The molecule has 2 fully saturated rings. The molecule has 0 atom stereocenters. The van der Waals surface area contributed by atoms with Gasteiger partial charge in [0.2, 0.25) is 0 Å². The molecule has 0 bridgehead atoms. The molecule has 5 heteroatoms. The van der Waals surface area contributed by atoms with Crippen molar-refractivity contribution < 1.29 is 17.9 Å². The average Bonchev–Trinajstić information content (AvgIpc) is 2.62. The molecule has 1 aromatic rings. The van der Waals surface area contributed by atoms with Crippen molar-refractivity contribution in [1.29, 1.82) is 0 Å². The van der Waals surface area contributed by atoms with Gasteiger partial charge in [0, 0.05) is 0 Å². The van der Waals surface area contributed by atoms with Crippen LogP contribution >= 0.6 is 15.9 Å². The Morgan fingerprint density at radius 1 is 0.846 bits per heavy atom. The summed E-state index contributed by atoms with van der Waals surface area (Å²) >= 11 is 3.38. The van der Waals surface area contributed by atoms with Gasteiger partial charge in [0.05, 0.1) is 0 Å². The standard InChI is InChI=1S/C21H26BrF3O/c22-14-13-15-1-3-16(4-2-15)17-5-7-18(8-6-17)19-9-11-20(12-10-19)26-21(23,24)25/h9-18H,1-8H2/b14-13+/t15-,16-,17?,18?. The Bertz CT molecular complexity index is 580. The van der Waals surface area contributed by atoms with Crippen molar-refractivity contribution in [2.45, 2.75) is 63.6 Å². The maximum atomic E-state index is 12.3.